The first kappa shape index (κ1) is 7.20. The van der Waals surface area contributed by atoms with Crippen LogP contribution in [0.5, 0.6) is 0 Å². The highest BCUT2D eigenvalue weighted by molar-refractivity contribution is 5.09. The lowest BCUT2D eigenvalue weighted by Gasteiger charge is -2.21. The van der Waals surface area contributed by atoms with Crippen LogP contribution in [0.25, 0.3) is 0 Å². The van der Waals surface area contributed by atoms with E-state index in [1.165, 1.54) is 18.6 Å². The smallest absolute Gasteiger partial charge is 0.0957 e. The maximum atomic E-state index is 5.60. The first-order valence-electron chi connectivity index (χ1n) is 4.62. The molecule has 0 radical (unpaired) electrons. The topological polar surface area (TPSA) is 9.23 Å². The molecule has 0 spiro atoms. The number of rotatable bonds is 0. The number of fused-ring (bicyclic) bond motifs is 1. The molecule has 1 nitrogen and oxygen atoms in total. The molecule has 0 amide bonds. The van der Waals surface area contributed by atoms with Gasteiger partial charge in [0.2, 0.25) is 0 Å². The van der Waals surface area contributed by atoms with Crippen LogP contribution in [-0.4, -0.2) is 6.61 Å². The van der Waals surface area contributed by atoms with Gasteiger partial charge in [-0.25, -0.2) is 0 Å². The van der Waals surface area contributed by atoms with Crippen molar-refractivity contribution in [1.82, 2.24) is 0 Å². The molecule has 0 aromatic heterocycles. The second kappa shape index (κ2) is 2.54. The Kier molecular flexibility index (Phi) is 1.67. The maximum absolute atomic E-state index is 5.60. The first-order chi connectivity index (χ1) is 5.27. The summed E-state index contributed by atoms with van der Waals surface area (Å²) in [6.45, 7) is 5.51. The number of hydrogen-bond acceptors (Lipinski definition) is 1. The molecule has 0 N–H and O–H groups in total. The minimum absolute atomic E-state index is 0.742. The average Bonchev–Trinajstić information content (AvgIpc) is 2.32. The zero-order valence-electron chi connectivity index (χ0n) is 7.34. The van der Waals surface area contributed by atoms with Crippen LogP contribution in [0.1, 0.15) is 26.7 Å². The van der Waals surface area contributed by atoms with Crippen molar-refractivity contribution in [3.8, 4) is 0 Å². The van der Waals surface area contributed by atoms with Crippen molar-refractivity contribution in [1.29, 1.82) is 0 Å². The Morgan fingerprint density at radius 2 is 2.18 bits per heavy atom. The summed E-state index contributed by atoms with van der Waals surface area (Å²) in [4.78, 5) is 0. The molecule has 1 saturated heterocycles. The molecule has 0 bridgehead atoms. The standard InChI is InChI=1S/C10H16O/c1-7-3-4-9-8(2)6-11-10(9)5-7/h5,7-9H,3-4,6H2,1-2H3/t7-,8-,9+/m1/s1. The van der Waals surface area contributed by atoms with Crippen LogP contribution >= 0.6 is 0 Å². The van der Waals surface area contributed by atoms with Crippen molar-refractivity contribution >= 4 is 0 Å². The second-order valence-corrected chi connectivity index (χ2v) is 4.02. The SMILES string of the molecule is C[C@@H]1COC2=C[C@H](C)CC[C@H]21. The van der Waals surface area contributed by atoms with Gasteiger partial charge in [-0.3, -0.25) is 0 Å². The molecule has 2 rings (SSSR count). The molecular formula is C10H16O. The summed E-state index contributed by atoms with van der Waals surface area (Å²) in [5, 5.41) is 0. The summed E-state index contributed by atoms with van der Waals surface area (Å²) in [6, 6.07) is 0. The number of hydrogen-bond donors (Lipinski definition) is 0. The fourth-order valence-corrected chi connectivity index (χ4v) is 2.14. The van der Waals surface area contributed by atoms with Crippen molar-refractivity contribution in [3.05, 3.63) is 11.8 Å². The van der Waals surface area contributed by atoms with Crippen molar-refractivity contribution in [2.24, 2.45) is 17.8 Å². The number of allylic oxidation sites excluding steroid dienone is 2. The molecule has 1 heterocycles. The Morgan fingerprint density at radius 3 is 3.00 bits per heavy atom. The monoisotopic (exact) mass is 152 g/mol. The summed E-state index contributed by atoms with van der Waals surface area (Å²) in [7, 11) is 0. The van der Waals surface area contributed by atoms with Crippen LogP contribution in [0.4, 0.5) is 0 Å². The summed E-state index contributed by atoms with van der Waals surface area (Å²) in [5.74, 6) is 3.54. The molecule has 1 aliphatic heterocycles. The average molecular weight is 152 g/mol. The lowest BCUT2D eigenvalue weighted by molar-refractivity contribution is 0.240. The van der Waals surface area contributed by atoms with Gasteiger partial charge < -0.3 is 4.74 Å². The fourth-order valence-electron chi connectivity index (χ4n) is 2.14. The third-order valence-corrected chi connectivity index (χ3v) is 2.95. The van der Waals surface area contributed by atoms with Crippen LogP contribution in [0, 0.1) is 17.8 Å². The Balaban J connectivity index is 2.18. The molecule has 0 saturated carbocycles. The molecular weight excluding hydrogens is 136 g/mol. The Morgan fingerprint density at radius 1 is 1.36 bits per heavy atom. The minimum Gasteiger partial charge on any atom is -0.498 e. The van der Waals surface area contributed by atoms with Gasteiger partial charge in [-0.15, -0.1) is 0 Å². The largest absolute Gasteiger partial charge is 0.498 e. The van der Waals surface area contributed by atoms with Gasteiger partial charge in [0.05, 0.1) is 12.4 Å². The lowest BCUT2D eigenvalue weighted by atomic mass is 9.83. The van der Waals surface area contributed by atoms with E-state index in [-0.39, 0.29) is 0 Å². The van der Waals surface area contributed by atoms with Crippen molar-refractivity contribution in [2.75, 3.05) is 6.61 Å². The predicted octanol–water partition coefficient (Wildman–Crippen LogP) is 2.58. The van der Waals surface area contributed by atoms with Gasteiger partial charge in [-0.1, -0.05) is 13.8 Å². The van der Waals surface area contributed by atoms with E-state index in [2.05, 4.69) is 19.9 Å². The van der Waals surface area contributed by atoms with Crippen LogP contribution in [0.2, 0.25) is 0 Å². The van der Waals surface area contributed by atoms with E-state index in [1.807, 2.05) is 0 Å². The van der Waals surface area contributed by atoms with Crippen LogP contribution in [0.15, 0.2) is 11.8 Å². The van der Waals surface area contributed by atoms with E-state index in [9.17, 15) is 0 Å². The predicted molar refractivity (Wildman–Crippen MR) is 45.1 cm³/mol. The van der Waals surface area contributed by atoms with Gasteiger partial charge in [0.15, 0.2) is 0 Å². The van der Waals surface area contributed by atoms with Gasteiger partial charge in [0.1, 0.15) is 0 Å². The van der Waals surface area contributed by atoms with Crippen molar-refractivity contribution < 1.29 is 4.74 Å². The Labute approximate surface area is 68.4 Å². The molecule has 0 aromatic rings. The Hall–Kier alpha value is -0.460. The summed E-state index contributed by atoms with van der Waals surface area (Å²) < 4.78 is 5.60. The zero-order chi connectivity index (χ0) is 7.84. The van der Waals surface area contributed by atoms with Crippen LogP contribution in [-0.2, 0) is 4.74 Å². The second-order valence-electron chi connectivity index (χ2n) is 4.02. The van der Waals surface area contributed by atoms with Crippen molar-refractivity contribution in [2.45, 2.75) is 26.7 Å². The van der Waals surface area contributed by atoms with Crippen LogP contribution < -0.4 is 0 Å². The van der Waals surface area contributed by atoms with Crippen LogP contribution in [0.3, 0.4) is 0 Å². The summed E-state index contributed by atoms with van der Waals surface area (Å²) in [5.41, 5.74) is 0. The highest BCUT2D eigenvalue weighted by Crippen LogP contribution is 2.38. The van der Waals surface area contributed by atoms with Gasteiger partial charge in [-0.05, 0) is 30.8 Å². The molecule has 1 heteroatoms. The maximum Gasteiger partial charge on any atom is 0.0957 e. The fraction of sp³-hybridized carbons (Fsp3) is 0.800. The molecule has 62 valence electrons. The normalized spacial score (nSPS) is 42.7. The van der Waals surface area contributed by atoms with Gasteiger partial charge in [0, 0.05) is 5.92 Å². The highest BCUT2D eigenvalue weighted by Gasteiger charge is 2.32. The lowest BCUT2D eigenvalue weighted by Crippen LogP contribution is -2.13. The van der Waals surface area contributed by atoms with E-state index < -0.39 is 0 Å². The highest BCUT2D eigenvalue weighted by atomic mass is 16.5. The van der Waals surface area contributed by atoms with E-state index in [0.717, 1.165) is 24.4 Å². The first-order valence-corrected chi connectivity index (χ1v) is 4.62. The number of ether oxygens (including phenoxy) is 1. The molecule has 1 aliphatic carbocycles. The Bertz CT molecular complexity index is 183. The van der Waals surface area contributed by atoms with E-state index in [4.69, 9.17) is 4.74 Å². The molecule has 1 fully saturated rings. The molecule has 2 aliphatic rings. The minimum atomic E-state index is 0.742. The summed E-state index contributed by atoms with van der Waals surface area (Å²) >= 11 is 0. The van der Waals surface area contributed by atoms with Gasteiger partial charge in [-0.2, -0.15) is 0 Å². The zero-order valence-corrected chi connectivity index (χ0v) is 7.34. The van der Waals surface area contributed by atoms with E-state index >= 15 is 0 Å². The molecule has 11 heavy (non-hydrogen) atoms. The molecule has 0 aromatic carbocycles. The van der Waals surface area contributed by atoms with Crippen molar-refractivity contribution in [3.63, 3.8) is 0 Å². The third kappa shape index (κ3) is 1.17. The summed E-state index contributed by atoms with van der Waals surface area (Å²) in [6.07, 6.45) is 5.01. The molecule has 3 atom stereocenters. The van der Waals surface area contributed by atoms with Gasteiger partial charge in [0.25, 0.3) is 0 Å². The third-order valence-electron chi connectivity index (χ3n) is 2.95. The van der Waals surface area contributed by atoms with E-state index in [0.29, 0.717) is 0 Å². The van der Waals surface area contributed by atoms with Gasteiger partial charge >= 0.3 is 0 Å². The molecule has 0 unspecified atom stereocenters. The quantitative estimate of drug-likeness (QED) is 0.518. The van der Waals surface area contributed by atoms with E-state index in [1.54, 1.807) is 0 Å².